The molecule has 2 atom stereocenters. The molecule has 2 N–H and O–H groups in total. The third-order valence-electron chi connectivity index (χ3n) is 2.42. The average molecular weight is 225 g/mol. The number of benzene rings is 1. The van der Waals surface area contributed by atoms with Gasteiger partial charge in [-0.15, -0.1) is 11.8 Å². The normalized spacial score (nSPS) is 14.9. The van der Waals surface area contributed by atoms with Gasteiger partial charge in [-0.2, -0.15) is 0 Å². The Morgan fingerprint density at radius 3 is 2.33 bits per heavy atom. The molecule has 3 heteroatoms. The monoisotopic (exact) mass is 225 g/mol. The van der Waals surface area contributed by atoms with Crippen molar-refractivity contribution in [2.75, 3.05) is 12.9 Å². The summed E-state index contributed by atoms with van der Waals surface area (Å²) in [4.78, 5) is 1.28. The van der Waals surface area contributed by atoms with E-state index in [4.69, 9.17) is 5.11 Å². The molecule has 15 heavy (non-hydrogen) atoms. The van der Waals surface area contributed by atoms with Gasteiger partial charge in [-0.3, -0.25) is 0 Å². The Hall–Kier alpha value is -0.510. The van der Waals surface area contributed by atoms with Crippen molar-refractivity contribution in [3.63, 3.8) is 0 Å². The molecule has 0 fully saturated rings. The minimum atomic E-state index is 0.139. The van der Waals surface area contributed by atoms with Gasteiger partial charge in [0, 0.05) is 17.0 Å². The first-order valence-corrected chi connectivity index (χ1v) is 6.40. The van der Waals surface area contributed by atoms with Gasteiger partial charge in [0.15, 0.2) is 0 Å². The minimum Gasteiger partial charge on any atom is -0.395 e. The van der Waals surface area contributed by atoms with Gasteiger partial charge in [0.1, 0.15) is 0 Å². The van der Waals surface area contributed by atoms with Crippen LogP contribution in [0.1, 0.15) is 25.5 Å². The van der Waals surface area contributed by atoms with Crippen LogP contribution in [0.25, 0.3) is 0 Å². The molecule has 0 aromatic heterocycles. The van der Waals surface area contributed by atoms with Crippen LogP contribution in [0.4, 0.5) is 0 Å². The number of nitrogens with one attached hydrogen (secondary N) is 1. The van der Waals surface area contributed by atoms with Crippen molar-refractivity contribution >= 4 is 11.8 Å². The summed E-state index contributed by atoms with van der Waals surface area (Å²) in [5.41, 5.74) is 1.26. The zero-order chi connectivity index (χ0) is 11.3. The topological polar surface area (TPSA) is 32.3 Å². The molecule has 0 saturated carbocycles. The molecule has 0 aliphatic heterocycles. The lowest BCUT2D eigenvalue weighted by Crippen LogP contribution is -2.31. The number of thioether (sulfide) groups is 1. The molecule has 0 radical (unpaired) electrons. The second-order valence-corrected chi connectivity index (χ2v) is 4.62. The van der Waals surface area contributed by atoms with E-state index in [9.17, 15) is 0 Å². The molecule has 0 heterocycles. The van der Waals surface area contributed by atoms with Gasteiger partial charge in [0.05, 0.1) is 6.61 Å². The molecule has 84 valence electrons. The molecule has 0 aliphatic carbocycles. The molecule has 1 aromatic rings. The smallest absolute Gasteiger partial charge is 0.0582 e. The van der Waals surface area contributed by atoms with Gasteiger partial charge in [-0.25, -0.2) is 0 Å². The van der Waals surface area contributed by atoms with Crippen LogP contribution < -0.4 is 5.32 Å². The molecule has 1 rings (SSSR count). The van der Waals surface area contributed by atoms with Crippen molar-refractivity contribution in [2.45, 2.75) is 30.8 Å². The van der Waals surface area contributed by atoms with E-state index in [1.807, 2.05) is 6.92 Å². The second-order valence-electron chi connectivity index (χ2n) is 3.75. The molecule has 0 bridgehead atoms. The molecule has 0 aliphatic rings. The van der Waals surface area contributed by atoms with Crippen molar-refractivity contribution in [2.24, 2.45) is 0 Å². The standard InChI is InChI=1S/C12H19NOS/c1-9(8-14)13-10(2)11-4-6-12(15-3)7-5-11/h4-7,9-10,13-14H,8H2,1-3H3/t9-,10?/m1/s1. The molecule has 1 unspecified atom stereocenters. The molecule has 1 aromatic carbocycles. The Morgan fingerprint density at radius 1 is 1.27 bits per heavy atom. The lowest BCUT2D eigenvalue weighted by atomic mass is 10.1. The van der Waals surface area contributed by atoms with E-state index in [0.29, 0.717) is 0 Å². The van der Waals surface area contributed by atoms with Gasteiger partial charge in [0.25, 0.3) is 0 Å². The summed E-state index contributed by atoms with van der Waals surface area (Å²) in [5, 5.41) is 12.3. The fourth-order valence-corrected chi connectivity index (χ4v) is 1.88. The molecule has 2 nitrogen and oxygen atoms in total. The summed E-state index contributed by atoms with van der Waals surface area (Å²) in [7, 11) is 0. The van der Waals surface area contributed by atoms with Gasteiger partial charge < -0.3 is 10.4 Å². The number of hydrogen-bond donors (Lipinski definition) is 2. The fraction of sp³-hybridized carbons (Fsp3) is 0.500. The van der Waals surface area contributed by atoms with E-state index < -0.39 is 0 Å². The van der Waals surface area contributed by atoms with Crippen LogP contribution >= 0.6 is 11.8 Å². The lowest BCUT2D eigenvalue weighted by molar-refractivity contribution is 0.243. The van der Waals surface area contributed by atoms with Crippen LogP contribution in [0.15, 0.2) is 29.2 Å². The SMILES string of the molecule is CSc1ccc(C(C)N[C@H](C)CO)cc1. The molecule has 0 amide bonds. The maximum absolute atomic E-state index is 8.95. The summed E-state index contributed by atoms with van der Waals surface area (Å²) in [5.74, 6) is 0. The molecular formula is C12H19NOS. The second kappa shape index (κ2) is 6.16. The van der Waals surface area contributed by atoms with Crippen LogP contribution in [-0.4, -0.2) is 24.0 Å². The van der Waals surface area contributed by atoms with Gasteiger partial charge >= 0.3 is 0 Å². The largest absolute Gasteiger partial charge is 0.395 e. The van der Waals surface area contributed by atoms with E-state index in [1.165, 1.54) is 10.5 Å². The van der Waals surface area contributed by atoms with Crippen LogP contribution in [-0.2, 0) is 0 Å². The zero-order valence-electron chi connectivity index (χ0n) is 9.53. The highest BCUT2D eigenvalue weighted by atomic mass is 32.2. The van der Waals surface area contributed by atoms with Crippen LogP contribution in [0.5, 0.6) is 0 Å². The number of aliphatic hydroxyl groups excluding tert-OH is 1. The Morgan fingerprint density at radius 2 is 1.87 bits per heavy atom. The Kier molecular flexibility index (Phi) is 5.15. The number of rotatable bonds is 5. The maximum Gasteiger partial charge on any atom is 0.0582 e. The van der Waals surface area contributed by atoms with Crippen LogP contribution in [0, 0.1) is 0 Å². The molecular weight excluding hydrogens is 206 g/mol. The number of aliphatic hydroxyl groups is 1. The van der Waals surface area contributed by atoms with Gasteiger partial charge in [-0.05, 0) is 37.8 Å². The van der Waals surface area contributed by atoms with E-state index in [0.717, 1.165) is 0 Å². The Labute approximate surface area is 96.1 Å². The zero-order valence-corrected chi connectivity index (χ0v) is 10.3. The predicted octanol–water partition coefficient (Wildman–Crippen LogP) is 2.44. The van der Waals surface area contributed by atoms with Gasteiger partial charge in [-0.1, -0.05) is 12.1 Å². The highest BCUT2D eigenvalue weighted by Gasteiger charge is 2.07. The van der Waals surface area contributed by atoms with Gasteiger partial charge in [0.2, 0.25) is 0 Å². The third-order valence-corrected chi connectivity index (χ3v) is 3.17. The maximum atomic E-state index is 8.95. The Bertz CT molecular complexity index is 286. The van der Waals surface area contributed by atoms with Crippen molar-refractivity contribution in [1.29, 1.82) is 0 Å². The average Bonchev–Trinajstić information content (AvgIpc) is 2.29. The first kappa shape index (κ1) is 12.6. The lowest BCUT2D eigenvalue weighted by Gasteiger charge is -2.18. The van der Waals surface area contributed by atoms with Crippen molar-refractivity contribution in [3.05, 3.63) is 29.8 Å². The van der Waals surface area contributed by atoms with Crippen molar-refractivity contribution in [1.82, 2.24) is 5.32 Å². The Balaban J connectivity index is 2.61. The third kappa shape index (κ3) is 3.86. The van der Waals surface area contributed by atoms with Crippen molar-refractivity contribution in [3.8, 4) is 0 Å². The highest BCUT2D eigenvalue weighted by molar-refractivity contribution is 7.98. The number of hydrogen-bond acceptors (Lipinski definition) is 3. The quantitative estimate of drug-likeness (QED) is 0.755. The summed E-state index contributed by atoms with van der Waals surface area (Å²) in [6.07, 6.45) is 2.07. The minimum absolute atomic E-state index is 0.139. The summed E-state index contributed by atoms with van der Waals surface area (Å²) < 4.78 is 0. The van der Waals surface area contributed by atoms with E-state index in [-0.39, 0.29) is 18.7 Å². The predicted molar refractivity (Wildman–Crippen MR) is 66.3 cm³/mol. The summed E-state index contributed by atoms with van der Waals surface area (Å²) in [6, 6.07) is 8.94. The first-order chi connectivity index (χ1) is 7.17. The van der Waals surface area contributed by atoms with Crippen LogP contribution in [0.2, 0.25) is 0 Å². The first-order valence-electron chi connectivity index (χ1n) is 5.18. The summed E-state index contributed by atoms with van der Waals surface area (Å²) >= 11 is 1.75. The molecule has 0 saturated heterocycles. The van der Waals surface area contributed by atoms with Crippen molar-refractivity contribution < 1.29 is 5.11 Å². The fourth-order valence-electron chi connectivity index (χ4n) is 1.47. The van der Waals surface area contributed by atoms with Crippen LogP contribution in [0.3, 0.4) is 0 Å². The van der Waals surface area contributed by atoms with E-state index in [2.05, 4.69) is 42.8 Å². The highest BCUT2D eigenvalue weighted by Crippen LogP contribution is 2.19. The molecule has 0 spiro atoms. The van der Waals surface area contributed by atoms with E-state index in [1.54, 1.807) is 11.8 Å². The van der Waals surface area contributed by atoms with E-state index >= 15 is 0 Å². The summed E-state index contributed by atoms with van der Waals surface area (Å²) in [6.45, 7) is 4.26.